The number of nitrogens with zero attached hydrogens (tertiary/aromatic N) is 1. The van der Waals surface area contributed by atoms with Crippen molar-refractivity contribution >= 4 is 5.91 Å². The van der Waals surface area contributed by atoms with Gasteiger partial charge in [-0.25, -0.2) is 4.39 Å². The van der Waals surface area contributed by atoms with E-state index >= 15 is 0 Å². The lowest BCUT2D eigenvalue weighted by Crippen LogP contribution is -2.48. The Morgan fingerprint density at radius 3 is 2.60 bits per heavy atom. The van der Waals surface area contributed by atoms with Crippen molar-refractivity contribution in [2.24, 2.45) is 5.92 Å². The summed E-state index contributed by atoms with van der Waals surface area (Å²) in [6.07, 6.45) is 2.00. The molecule has 1 aliphatic heterocycles. The highest BCUT2D eigenvalue weighted by Gasteiger charge is 2.29. The molecule has 1 saturated heterocycles. The molecule has 2 rings (SSSR count). The van der Waals surface area contributed by atoms with E-state index in [-0.39, 0.29) is 17.6 Å². The Morgan fingerprint density at radius 2 is 2.00 bits per heavy atom. The van der Waals surface area contributed by atoms with Gasteiger partial charge in [-0.15, -0.1) is 0 Å². The van der Waals surface area contributed by atoms with Crippen molar-refractivity contribution in [1.82, 2.24) is 10.2 Å². The maximum Gasteiger partial charge on any atom is 0.225 e. The molecule has 1 atom stereocenters. The van der Waals surface area contributed by atoms with Gasteiger partial charge in [0.25, 0.3) is 0 Å². The van der Waals surface area contributed by atoms with E-state index in [0.29, 0.717) is 0 Å². The molecule has 20 heavy (non-hydrogen) atoms. The number of benzene rings is 1. The zero-order chi connectivity index (χ0) is 14.8. The van der Waals surface area contributed by atoms with Crippen LogP contribution in [0.25, 0.3) is 0 Å². The third-order valence-corrected chi connectivity index (χ3v) is 4.00. The van der Waals surface area contributed by atoms with E-state index in [4.69, 9.17) is 0 Å². The standard InChI is InChI=1S/C16H23FN2O/c1-16(2,13-6-8-14(17)9-7-13)18-15(20)12-5-4-10-19(3)11-12/h6-9,12H,4-5,10-11H2,1-3H3,(H,18,20)/t12-/m0/s1. The molecule has 0 aromatic heterocycles. The van der Waals surface area contributed by atoms with Gasteiger partial charge in [0, 0.05) is 6.54 Å². The molecular formula is C16H23FN2O. The summed E-state index contributed by atoms with van der Waals surface area (Å²) < 4.78 is 13.0. The summed E-state index contributed by atoms with van der Waals surface area (Å²) in [6, 6.07) is 6.31. The van der Waals surface area contributed by atoms with Crippen LogP contribution in [0, 0.1) is 11.7 Å². The number of hydrogen-bond donors (Lipinski definition) is 1. The van der Waals surface area contributed by atoms with Gasteiger partial charge in [-0.1, -0.05) is 12.1 Å². The summed E-state index contributed by atoms with van der Waals surface area (Å²) in [6.45, 7) is 5.77. The van der Waals surface area contributed by atoms with Crippen molar-refractivity contribution in [3.05, 3.63) is 35.6 Å². The van der Waals surface area contributed by atoms with E-state index in [1.807, 2.05) is 20.9 Å². The molecule has 1 N–H and O–H groups in total. The van der Waals surface area contributed by atoms with Gasteiger partial charge in [0.15, 0.2) is 0 Å². The summed E-state index contributed by atoms with van der Waals surface area (Å²) in [7, 11) is 2.05. The van der Waals surface area contributed by atoms with Gasteiger partial charge in [-0.3, -0.25) is 4.79 Å². The molecular weight excluding hydrogens is 255 g/mol. The number of rotatable bonds is 3. The first-order valence-electron chi connectivity index (χ1n) is 7.15. The zero-order valence-electron chi connectivity index (χ0n) is 12.4. The quantitative estimate of drug-likeness (QED) is 0.921. The van der Waals surface area contributed by atoms with Crippen LogP contribution in [-0.4, -0.2) is 30.9 Å². The van der Waals surface area contributed by atoms with Gasteiger partial charge in [0.1, 0.15) is 5.82 Å². The molecule has 1 aliphatic rings. The Kier molecular flexibility index (Phi) is 4.43. The Hall–Kier alpha value is -1.42. The van der Waals surface area contributed by atoms with Gasteiger partial charge in [0.05, 0.1) is 11.5 Å². The van der Waals surface area contributed by atoms with Gasteiger partial charge in [0.2, 0.25) is 5.91 Å². The summed E-state index contributed by atoms with van der Waals surface area (Å²) in [5, 5.41) is 3.09. The molecule has 1 amide bonds. The minimum Gasteiger partial charge on any atom is -0.347 e. The van der Waals surface area contributed by atoms with Crippen molar-refractivity contribution in [2.75, 3.05) is 20.1 Å². The molecule has 0 aliphatic carbocycles. The van der Waals surface area contributed by atoms with Crippen LogP contribution in [0.1, 0.15) is 32.3 Å². The van der Waals surface area contributed by atoms with Crippen LogP contribution in [0.2, 0.25) is 0 Å². The lowest BCUT2D eigenvalue weighted by molar-refractivity contribution is -0.128. The maximum absolute atomic E-state index is 13.0. The van der Waals surface area contributed by atoms with Gasteiger partial charge in [-0.2, -0.15) is 0 Å². The predicted octanol–water partition coefficient (Wildman–Crippen LogP) is 2.52. The molecule has 1 aromatic carbocycles. The molecule has 0 radical (unpaired) electrons. The van der Waals surface area contributed by atoms with E-state index in [1.165, 1.54) is 12.1 Å². The fourth-order valence-electron chi connectivity index (χ4n) is 2.73. The summed E-state index contributed by atoms with van der Waals surface area (Å²) >= 11 is 0. The smallest absolute Gasteiger partial charge is 0.225 e. The van der Waals surface area contributed by atoms with E-state index in [9.17, 15) is 9.18 Å². The lowest BCUT2D eigenvalue weighted by atomic mass is 9.91. The largest absolute Gasteiger partial charge is 0.347 e. The third-order valence-electron chi connectivity index (χ3n) is 4.00. The Morgan fingerprint density at radius 1 is 1.35 bits per heavy atom. The number of carbonyl (C=O) groups excluding carboxylic acids is 1. The van der Waals surface area contributed by atoms with E-state index in [0.717, 1.165) is 31.5 Å². The highest BCUT2D eigenvalue weighted by atomic mass is 19.1. The number of hydrogen-bond acceptors (Lipinski definition) is 2. The number of piperidine rings is 1. The molecule has 1 aromatic rings. The maximum atomic E-state index is 13.0. The minimum absolute atomic E-state index is 0.0495. The van der Waals surface area contributed by atoms with Crippen LogP contribution in [0.5, 0.6) is 0 Å². The molecule has 0 unspecified atom stereocenters. The second kappa shape index (κ2) is 5.92. The zero-order valence-corrected chi connectivity index (χ0v) is 12.4. The molecule has 0 saturated carbocycles. The summed E-state index contributed by atoms with van der Waals surface area (Å²) in [5.74, 6) is -0.121. The average molecular weight is 278 g/mol. The first-order valence-corrected chi connectivity index (χ1v) is 7.15. The minimum atomic E-state index is -0.485. The number of likely N-dealkylation sites (tertiary alicyclic amines) is 1. The van der Waals surface area contributed by atoms with Crippen LogP contribution in [-0.2, 0) is 10.3 Å². The fourth-order valence-corrected chi connectivity index (χ4v) is 2.73. The van der Waals surface area contributed by atoms with E-state index in [2.05, 4.69) is 10.2 Å². The Bertz CT molecular complexity index is 470. The molecule has 3 nitrogen and oxygen atoms in total. The first-order chi connectivity index (χ1) is 9.38. The predicted molar refractivity (Wildman–Crippen MR) is 77.8 cm³/mol. The summed E-state index contributed by atoms with van der Waals surface area (Å²) in [4.78, 5) is 14.6. The third kappa shape index (κ3) is 3.57. The van der Waals surface area contributed by atoms with E-state index in [1.54, 1.807) is 12.1 Å². The molecule has 4 heteroatoms. The second-order valence-corrected chi connectivity index (χ2v) is 6.22. The van der Waals surface area contributed by atoms with E-state index < -0.39 is 5.54 Å². The number of amides is 1. The highest BCUT2D eigenvalue weighted by Crippen LogP contribution is 2.22. The van der Waals surface area contributed by atoms with Crippen molar-refractivity contribution in [3.63, 3.8) is 0 Å². The van der Waals surface area contributed by atoms with Crippen LogP contribution in [0.4, 0.5) is 4.39 Å². The van der Waals surface area contributed by atoms with Crippen molar-refractivity contribution in [2.45, 2.75) is 32.2 Å². The van der Waals surface area contributed by atoms with Gasteiger partial charge >= 0.3 is 0 Å². The molecule has 0 bridgehead atoms. The topological polar surface area (TPSA) is 32.3 Å². The Balaban J connectivity index is 2.03. The van der Waals surface area contributed by atoms with Crippen LogP contribution in [0.15, 0.2) is 24.3 Å². The molecule has 110 valence electrons. The van der Waals surface area contributed by atoms with Crippen molar-refractivity contribution in [3.8, 4) is 0 Å². The average Bonchev–Trinajstić information content (AvgIpc) is 2.38. The number of halogens is 1. The second-order valence-electron chi connectivity index (χ2n) is 6.22. The monoisotopic (exact) mass is 278 g/mol. The molecule has 0 spiro atoms. The van der Waals surface area contributed by atoms with Crippen molar-refractivity contribution in [1.29, 1.82) is 0 Å². The normalized spacial score (nSPS) is 20.7. The van der Waals surface area contributed by atoms with Gasteiger partial charge in [-0.05, 0) is 58.0 Å². The first kappa shape index (κ1) is 15.0. The lowest BCUT2D eigenvalue weighted by Gasteiger charge is -2.33. The molecule has 1 heterocycles. The summed E-state index contributed by atoms with van der Waals surface area (Å²) in [5.41, 5.74) is 0.428. The SMILES string of the molecule is CN1CCC[C@H](C(=O)NC(C)(C)c2ccc(F)cc2)C1. The highest BCUT2D eigenvalue weighted by molar-refractivity contribution is 5.80. The van der Waals surface area contributed by atoms with Crippen LogP contribution >= 0.6 is 0 Å². The van der Waals surface area contributed by atoms with Gasteiger partial charge < -0.3 is 10.2 Å². The molecule has 1 fully saturated rings. The fraction of sp³-hybridized carbons (Fsp3) is 0.562. The number of nitrogens with one attached hydrogen (secondary N) is 1. The van der Waals surface area contributed by atoms with Crippen LogP contribution in [0.3, 0.4) is 0 Å². The van der Waals surface area contributed by atoms with Crippen molar-refractivity contribution < 1.29 is 9.18 Å². The van der Waals surface area contributed by atoms with Crippen LogP contribution < -0.4 is 5.32 Å². The number of carbonyl (C=O) groups is 1. The Labute approximate surface area is 120 Å².